The molecule has 3 heteroatoms. The predicted octanol–water partition coefficient (Wildman–Crippen LogP) is 4.06. The van der Waals surface area contributed by atoms with Gasteiger partial charge in [0, 0.05) is 6.42 Å². The van der Waals surface area contributed by atoms with Gasteiger partial charge in [-0.1, -0.05) is 31.4 Å². The molecule has 0 heterocycles. The number of fused-ring (bicyclic) bond motifs is 2. The van der Waals surface area contributed by atoms with E-state index >= 15 is 0 Å². The lowest BCUT2D eigenvalue weighted by molar-refractivity contribution is -0.139. The van der Waals surface area contributed by atoms with Gasteiger partial charge in [0.2, 0.25) is 0 Å². The average molecular weight is 276 g/mol. The van der Waals surface area contributed by atoms with Crippen LogP contribution in [0.15, 0.2) is 18.2 Å². The molecule has 0 amide bonds. The molecule has 1 aromatic carbocycles. The number of carbonyl (C=O) groups is 1. The van der Waals surface area contributed by atoms with Crippen molar-refractivity contribution < 1.29 is 14.3 Å². The molecule has 1 atom stereocenters. The Bertz CT molecular complexity index is 518. The Kier molecular flexibility index (Phi) is 3.53. The van der Waals surface area contributed by atoms with E-state index in [1.165, 1.54) is 12.5 Å². The summed E-state index contributed by atoms with van der Waals surface area (Å²) in [5, 5.41) is 9.21. The molecule has 0 aromatic heterocycles. The molecule has 1 saturated carbocycles. The first-order valence-corrected chi connectivity index (χ1v) is 7.63. The topological polar surface area (TPSA) is 37.3 Å². The molecule has 2 nitrogen and oxygen atoms in total. The maximum Gasteiger partial charge on any atom is 0.303 e. The van der Waals surface area contributed by atoms with E-state index in [0.29, 0.717) is 6.42 Å². The molecular formula is C17H21FO2. The molecule has 20 heavy (non-hydrogen) atoms. The minimum Gasteiger partial charge on any atom is -0.481 e. The number of carboxylic acids is 1. The molecule has 1 unspecified atom stereocenters. The lowest BCUT2D eigenvalue weighted by Crippen LogP contribution is -2.42. The standard InChI is InChI=1S/C17H21FO2/c18-15-6-4-5-14-13(15)8-7-12(11-16(19)20)17(14)9-2-1-3-10-17/h4-6,12H,1-3,7-11H2,(H,19,20). The van der Waals surface area contributed by atoms with Crippen LogP contribution in [0.1, 0.15) is 56.1 Å². The van der Waals surface area contributed by atoms with Crippen molar-refractivity contribution in [2.45, 2.75) is 56.8 Å². The largest absolute Gasteiger partial charge is 0.481 e. The highest BCUT2D eigenvalue weighted by molar-refractivity contribution is 5.67. The SMILES string of the molecule is O=C(O)CC1CCc2c(F)cccc2C12CCCCC2. The van der Waals surface area contributed by atoms with Crippen molar-refractivity contribution in [2.75, 3.05) is 0 Å². The minimum absolute atomic E-state index is 0.0909. The second-order valence-electron chi connectivity index (χ2n) is 6.32. The van der Waals surface area contributed by atoms with Gasteiger partial charge in [0.25, 0.3) is 0 Å². The minimum atomic E-state index is -0.722. The summed E-state index contributed by atoms with van der Waals surface area (Å²) < 4.78 is 14.1. The molecule has 0 radical (unpaired) electrons. The fourth-order valence-corrected chi connectivity index (χ4v) is 4.46. The van der Waals surface area contributed by atoms with Crippen LogP contribution in [0.4, 0.5) is 4.39 Å². The van der Waals surface area contributed by atoms with Crippen molar-refractivity contribution in [3.05, 3.63) is 35.1 Å². The van der Waals surface area contributed by atoms with Crippen LogP contribution in [-0.2, 0) is 16.6 Å². The van der Waals surface area contributed by atoms with Gasteiger partial charge in [-0.2, -0.15) is 0 Å². The van der Waals surface area contributed by atoms with Crippen LogP contribution in [-0.4, -0.2) is 11.1 Å². The number of benzene rings is 1. The molecule has 0 aliphatic heterocycles. The maximum absolute atomic E-state index is 14.1. The highest BCUT2D eigenvalue weighted by Gasteiger charge is 2.45. The van der Waals surface area contributed by atoms with Crippen LogP contribution in [0.25, 0.3) is 0 Å². The summed E-state index contributed by atoms with van der Waals surface area (Å²) >= 11 is 0. The first kappa shape index (κ1) is 13.6. The first-order chi connectivity index (χ1) is 9.63. The van der Waals surface area contributed by atoms with E-state index in [2.05, 4.69) is 0 Å². The number of carboxylic acid groups (broad SMARTS) is 1. The molecule has 2 aliphatic carbocycles. The maximum atomic E-state index is 14.1. The van der Waals surface area contributed by atoms with Crippen LogP contribution in [0.2, 0.25) is 0 Å². The summed E-state index contributed by atoms with van der Waals surface area (Å²) in [4.78, 5) is 11.2. The lowest BCUT2D eigenvalue weighted by Gasteiger charge is -2.48. The van der Waals surface area contributed by atoms with Crippen LogP contribution < -0.4 is 0 Å². The molecule has 1 aromatic rings. The van der Waals surface area contributed by atoms with Crippen LogP contribution in [0.5, 0.6) is 0 Å². The molecule has 3 rings (SSSR count). The van der Waals surface area contributed by atoms with Gasteiger partial charge in [0.15, 0.2) is 0 Å². The summed E-state index contributed by atoms with van der Waals surface area (Å²) in [6.45, 7) is 0. The number of hydrogen-bond acceptors (Lipinski definition) is 1. The molecule has 0 saturated heterocycles. The van der Waals surface area contributed by atoms with Crippen molar-refractivity contribution in [3.63, 3.8) is 0 Å². The van der Waals surface area contributed by atoms with Gasteiger partial charge in [-0.05, 0) is 54.2 Å². The number of hydrogen-bond donors (Lipinski definition) is 1. The molecule has 1 N–H and O–H groups in total. The van der Waals surface area contributed by atoms with Gasteiger partial charge in [-0.25, -0.2) is 4.39 Å². The highest BCUT2D eigenvalue weighted by atomic mass is 19.1. The van der Waals surface area contributed by atoms with Crippen molar-refractivity contribution >= 4 is 5.97 Å². The Morgan fingerprint density at radius 2 is 2.05 bits per heavy atom. The molecule has 1 spiro atoms. The van der Waals surface area contributed by atoms with E-state index in [4.69, 9.17) is 0 Å². The fourth-order valence-electron chi connectivity index (χ4n) is 4.46. The smallest absolute Gasteiger partial charge is 0.303 e. The van der Waals surface area contributed by atoms with E-state index < -0.39 is 5.97 Å². The highest BCUT2D eigenvalue weighted by Crippen LogP contribution is 2.52. The van der Waals surface area contributed by atoms with E-state index in [1.54, 1.807) is 6.07 Å². The molecular weight excluding hydrogens is 255 g/mol. The summed E-state index contributed by atoms with van der Waals surface area (Å²) in [5.74, 6) is -0.671. The van der Waals surface area contributed by atoms with Crippen molar-refractivity contribution in [3.8, 4) is 0 Å². The predicted molar refractivity (Wildman–Crippen MR) is 75.2 cm³/mol. The van der Waals surface area contributed by atoms with E-state index in [0.717, 1.165) is 43.2 Å². The number of rotatable bonds is 2. The van der Waals surface area contributed by atoms with E-state index in [1.807, 2.05) is 6.07 Å². The Morgan fingerprint density at radius 3 is 2.75 bits per heavy atom. The average Bonchev–Trinajstić information content (AvgIpc) is 2.44. The van der Waals surface area contributed by atoms with Gasteiger partial charge in [-0.3, -0.25) is 4.79 Å². The van der Waals surface area contributed by atoms with Gasteiger partial charge >= 0.3 is 5.97 Å². The summed E-state index contributed by atoms with van der Waals surface area (Å²) in [7, 11) is 0. The zero-order valence-electron chi connectivity index (χ0n) is 11.7. The van der Waals surface area contributed by atoms with Crippen molar-refractivity contribution in [1.29, 1.82) is 0 Å². The first-order valence-electron chi connectivity index (χ1n) is 7.63. The van der Waals surface area contributed by atoms with Gasteiger partial charge in [0.05, 0.1) is 0 Å². The quantitative estimate of drug-likeness (QED) is 0.884. The van der Waals surface area contributed by atoms with E-state index in [9.17, 15) is 14.3 Å². The monoisotopic (exact) mass is 276 g/mol. The Hall–Kier alpha value is -1.38. The fraction of sp³-hybridized carbons (Fsp3) is 0.588. The van der Waals surface area contributed by atoms with Crippen molar-refractivity contribution in [2.24, 2.45) is 5.92 Å². The Morgan fingerprint density at radius 1 is 1.30 bits per heavy atom. The third-order valence-electron chi connectivity index (χ3n) is 5.35. The number of aliphatic carboxylic acids is 1. The summed E-state index contributed by atoms with van der Waals surface area (Å²) in [5.41, 5.74) is 1.86. The van der Waals surface area contributed by atoms with Crippen LogP contribution in [0.3, 0.4) is 0 Å². The van der Waals surface area contributed by atoms with Crippen molar-refractivity contribution in [1.82, 2.24) is 0 Å². The van der Waals surface area contributed by atoms with Gasteiger partial charge < -0.3 is 5.11 Å². The van der Waals surface area contributed by atoms with Crippen LogP contribution in [0, 0.1) is 11.7 Å². The molecule has 0 bridgehead atoms. The summed E-state index contributed by atoms with van der Waals surface area (Å²) in [6, 6.07) is 5.36. The second-order valence-corrected chi connectivity index (χ2v) is 6.32. The second kappa shape index (κ2) is 5.19. The normalized spacial score (nSPS) is 24.4. The lowest BCUT2D eigenvalue weighted by atomic mass is 9.56. The van der Waals surface area contributed by atoms with Gasteiger partial charge in [-0.15, -0.1) is 0 Å². The zero-order valence-corrected chi connectivity index (χ0v) is 11.7. The van der Waals surface area contributed by atoms with Gasteiger partial charge in [0.1, 0.15) is 5.82 Å². The zero-order chi connectivity index (χ0) is 14.2. The molecule has 2 aliphatic rings. The third kappa shape index (κ3) is 2.13. The van der Waals surface area contributed by atoms with E-state index in [-0.39, 0.29) is 23.6 Å². The summed E-state index contributed by atoms with van der Waals surface area (Å²) in [6.07, 6.45) is 7.21. The molecule has 108 valence electrons. The third-order valence-corrected chi connectivity index (χ3v) is 5.35. The molecule has 1 fully saturated rings. The Balaban J connectivity index is 2.07. The van der Waals surface area contributed by atoms with Crippen LogP contribution >= 0.6 is 0 Å². The number of halogens is 1. The Labute approximate surface area is 119 Å².